The van der Waals surface area contributed by atoms with Crippen LogP contribution in [-0.2, 0) is 5.41 Å². The Labute approximate surface area is 164 Å². The van der Waals surface area contributed by atoms with Crippen LogP contribution in [0.4, 0.5) is 11.4 Å². The maximum absolute atomic E-state index is 2.45. The summed E-state index contributed by atoms with van der Waals surface area (Å²) in [7, 11) is 0. The number of benzene rings is 2. The molecule has 0 saturated heterocycles. The highest BCUT2D eigenvalue weighted by Crippen LogP contribution is 2.52. The summed E-state index contributed by atoms with van der Waals surface area (Å²) in [5, 5.41) is 0. The van der Waals surface area contributed by atoms with Crippen LogP contribution in [0.5, 0.6) is 0 Å². The molecule has 2 aromatic carbocycles. The van der Waals surface area contributed by atoms with Crippen LogP contribution in [0.15, 0.2) is 72.0 Å². The van der Waals surface area contributed by atoms with Gasteiger partial charge in [0, 0.05) is 23.0 Å². The number of fused-ring (bicyclic) bond motifs is 4. The Balaban J connectivity index is 1.84. The molecule has 0 fully saturated rings. The van der Waals surface area contributed by atoms with Gasteiger partial charge in [0.15, 0.2) is 0 Å². The van der Waals surface area contributed by atoms with E-state index in [1.807, 2.05) is 0 Å². The number of anilines is 2. The van der Waals surface area contributed by atoms with Crippen molar-refractivity contribution < 1.29 is 0 Å². The van der Waals surface area contributed by atoms with E-state index in [1.54, 1.807) is 5.57 Å². The topological polar surface area (TPSA) is 3.24 Å². The van der Waals surface area contributed by atoms with Gasteiger partial charge in [0.2, 0.25) is 0 Å². The third kappa shape index (κ3) is 3.14. The van der Waals surface area contributed by atoms with Gasteiger partial charge in [-0.05, 0) is 52.7 Å². The molecule has 2 bridgehead atoms. The zero-order valence-electron chi connectivity index (χ0n) is 17.5. The average molecular weight is 358 g/mol. The average Bonchev–Trinajstić information content (AvgIpc) is 2.61. The standard InChI is InChI=1S/C26H31N/c1-25(2,3)18-11-13-19(14-12-18)27-20-15-16-23(26(4,5)6)22(17-20)21-9-7-8-10-24(21)27/h7-16,22H,17H2,1-6H3. The van der Waals surface area contributed by atoms with Gasteiger partial charge in [-0.2, -0.15) is 0 Å². The summed E-state index contributed by atoms with van der Waals surface area (Å²) in [6, 6.07) is 18.1. The molecule has 1 heterocycles. The molecule has 0 saturated carbocycles. The summed E-state index contributed by atoms with van der Waals surface area (Å²) >= 11 is 0. The zero-order valence-corrected chi connectivity index (χ0v) is 17.5. The Kier molecular flexibility index (Phi) is 4.10. The molecule has 27 heavy (non-hydrogen) atoms. The minimum Gasteiger partial charge on any atom is -0.314 e. The van der Waals surface area contributed by atoms with E-state index < -0.39 is 0 Å². The van der Waals surface area contributed by atoms with E-state index >= 15 is 0 Å². The van der Waals surface area contributed by atoms with Crippen molar-refractivity contribution in [3.8, 4) is 0 Å². The van der Waals surface area contributed by atoms with Gasteiger partial charge in [0.1, 0.15) is 0 Å². The van der Waals surface area contributed by atoms with Crippen LogP contribution in [0.1, 0.15) is 65.0 Å². The molecule has 0 amide bonds. The van der Waals surface area contributed by atoms with Crippen LogP contribution in [0.2, 0.25) is 0 Å². The fraction of sp³-hybridized carbons (Fsp3) is 0.385. The molecule has 4 rings (SSSR count). The van der Waals surface area contributed by atoms with Crippen molar-refractivity contribution in [1.82, 2.24) is 0 Å². The smallest absolute Gasteiger partial charge is 0.0496 e. The highest BCUT2D eigenvalue weighted by atomic mass is 15.2. The molecule has 0 aromatic heterocycles. The van der Waals surface area contributed by atoms with Gasteiger partial charge in [-0.25, -0.2) is 0 Å². The Morgan fingerprint density at radius 1 is 0.778 bits per heavy atom. The summed E-state index contributed by atoms with van der Waals surface area (Å²) < 4.78 is 0. The number of hydrogen-bond acceptors (Lipinski definition) is 1. The molecule has 1 unspecified atom stereocenters. The summed E-state index contributed by atoms with van der Waals surface area (Å²) in [5.74, 6) is 0.492. The minimum absolute atomic E-state index is 0.178. The van der Waals surface area contributed by atoms with Crippen molar-refractivity contribution in [3.05, 3.63) is 83.1 Å². The van der Waals surface area contributed by atoms with Gasteiger partial charge < -0.3 is 4.90 Å². The third-order valence-electron chi connectivity index (χ3n) is 5.94. The lowest BCUT2D eigenvalue weighted by Crippen LogP contribution is -2.30. The quantitative estimate of drug-likeness (QED) is 0.511. The molecule has 2 aliphatic rings. The molecule has 0 spiro atoms. The summed E-state index contributed by atoms with van der Waals surface area (Å²) in [4.78, 5) is 2.45. The normalized spacial score (nSPS) is 19.3. The Morgan fingerprint density at radius 3 is 2.07 bits per heavy atom. The third-order valence-corrected chi connectivity index (χ3v) is 5.94. The van der Waals surface area contributed by atoms with Crippen LogP contribution in [0.25, 0.3) is 0 Å². The number of nitrogens with zero attached hydrogens (tertiary/aromatic N) is 1. The number of rotatable bonds is 1. The molecule has 0 N–H and O–H groups in total. The first-order valence-electron chi connectivity index (χ1n) is 10.1. The number of para-hydroxylation sites is 1. The molecule has 0 radical (unpaired) electrons. The lowest BCUT2D eigenvalue weighted by atomic mass is 9.70. The van der Waals surface area contributed by atoms with E-state index in [1.165, 1.54) is 28.2 Å². The zero-order chi connectivity index (χ0) is 19.4. The van der Waals surface area contributed by atoms with Crippen molar-refractivity contribution in [3.63, 3.8) is 0 Å². The monoisotopic (exact) mass is 357 g/mol. The van der Waals surface area contributed by atoms with Gasteiger partial charge in [-0.3, -0.25) is 0 Å². The molecule has 1 nitrogen and oxygen atoms in total. The Bertz CT molecular complexity index is 914. The van der Waals surface area contributed by atoms with Crippen LogP contribution in [-0.4, -0.2) is 0 Å². The van der Waals surface area contributed by atoms with Crippen molar-refractivity contribution in [2.24, 2.45) is 5.41 Å². The second-order valence-electron chi connectivity index (χ2n) is 9.98. The summed E-state index contributed by atoms with van der Waals surface area (Å²) in [5.41, 5.74) is 8.73. The second kappa shape index (κ2) is 6.12. The lowest BCUT2D eigenvalue weighted by molar-refractivity contribution is 0.453. The van der Waals surface area contributed by atoms with Crippen molar-refractivity contribution in [1.29, 1.82) is 0 Å². The largest absolute Gasteiger partial charge is 0.314 e. The SMILES string of the molecule is CC(C)(C)C1=CC=C2CC1c1ccccc1N2c1ccc(C(C)(C)C)cc1. The highest BCUT2D eigenvalue weighted by Gasteiger charge is 2.36. The van der Waals surface area contributed by atoms with Crippen molar-refractivity contribution in [2.45, 2.75) is 59.3 Å². The molecule has 1 aliphatic heterocycles. The maximum Gasteiger partial charge on any atom is 0.0496 e. The van der Waals surface area contributed by atoms with Crippen LogP contribution in [0, 0.1) is 5.41 Å². The van der Waals surface area contributed by atoms with E-state index in [0.29, 0.717) is 5.92 Å². The first kappa shape index (κ1) is 18.1. The molecule has 1 aliphatic carbocycles. The van der Waals surface area contributed by atoms with Crippen molar-refractivity contribution in [2.75, 3.05) is 4.90 Å². The fourth-order valence-electron chi connectivity index (χ4n) is 4.46. The number of allylic oxidation sites excluding steroid dienone is 4. The van der Waals surface area contributed by atoms with Crippen LogP contribution in [0.3, 0.4) is 0 Å². The van der Waals surface area contributed by atoms with E-state index in [-0.39, 0.29) is 10.8 Å². The van der Waals surface area contributed by atoms with Gasteiger partial charge in [-0.15, -0.1) is 0 Å². The van der Waals surface area contributed by atoms with Gasteiger partial charge >= 0.3 is 0 Å². The van der Waals surface area contributed by atoms with Crippen LogP contribution < -0.4 is 4.90 Å². The van der Waals surface area contributed by atoms with E-state index in [9.17, 15) is 0 Å². The van der Waals surface area contributed by atoms with Gasteiger partial charge in [-0.1, -0.05) is 83.5 Å². The highest BCUT2D eigenvalue weighted by molar-refractivity contribution is 5.76. The minimum atomic E-state index is 0.178. The van der Waals surface area contributed by atoms with E-state index in [2.05, 4.69) is 107 Å². The first-order chi connectivity index (χ1) is 12.7. The predicted molar refractivity (Wildman–Crippen MR) is 117 cm³/mol. The van der Waals surface area contributed by atoms with Gasteiger partial charge in [0.25, 0.3) is 0 Å². The molecule has 1 heteroatoms. The van der Waals surface area contributed by atoms with Crippen LogP contribution >= 0.6 is 0 Å². The fourth-order valence-corrected chi connectivity index (χ4v) is 4.46. The first-order valence-corrected chi connectivity index (χ1v) is 10.1. The summed E-state index contributed by atoms with van der Waals surface area (Å²) in [6.45, 7) is 13.8. The predicted octanol–water partition coefficient (Wildman–Crippen LogP) is 7.48. The Morgan fingerprint density at radius 2 is 1.44 bits per heavy atom. The Hall–Kier alpha value is -2.28. The molecule has 1 atom stereocenters. The molecule has 140 valence electrons. The molecule has 2 aromatic rings. The molecular weight excluding hydrogens is 326 g/mol. The number of hydrogen-bond donors (Lipinski definition) is 0. The van der Waals surface area contributed by atoms with E-state index in [4.69, 9.17) is 0 Å². The van der Waals surface area contributed by atoms with E-state index in [0.717, 1.165) is 6.42 Å². The maximum atomic E-state index is 2.45. The van der Waals surface area contributed by atoms with Crippen molar-refractivity contribution >= 4 is 11.4 Å². The lowest BCUT2D eigenvalue weighted by Gasteiger charge is -2.43. The second-order valence-corrected chi connectivity index (χ2v) is 9.98. The van der Waals surface area contributed by atoms with Gasteiger partial charge in [0.05, 0.1) is 0 Å². The molecular formula is C26H31N. The summed E-state index contributed by atoms with van der Waals surface area (Å²) in [6.07, 6.45) is 5.79.